The van der Waals surface area contributed by atoms with Gasteiger partial charge in [-0.2, -0.15) is 0 Å². The molecule has 21 heavy (non-hydrogen) atoms. The molecule has 0 aliphatic carbocycles. The minimum Gasteiger partial charge on any atom is -0.338 e. The van der Waals surface area contributed by atoms with Crippen LogP contribution in [0.5, 0.6) is 0 Å². The monoisotopic (exact) mass is 292 g/mol. The molecule has 1 aromatic rings. The van der Waals surface area contributed by atoms with Crippen molar-refractivity contribution in [1.82, 2.24) is 19.8 Å². The lowest BCUT2D eigenvalue weighted by Gasteiger charge is -2.50. The van der Waals surface area contributed by atoms with E-state index in [9.17, 15) is 0 Å². The van der Waals surface area contributed by atoms with E-state index in [2.05, 4.69) is 54.5 Å². The van der Waals surface area contributed by atoms with Gasteiger partial charge >= 0.3 is 0 Å². The van der Waals surface area contributed by atoms with Crippen molar-refractivity contribution in [2.45, 2.75) is 58.5 Å². The molecule has 0 saturated carbocycles. The topological polar surface area (TPSA) is 33.1 Å². The SMILES string of the molecule is CCC1(CC)CNC(C(C)C)CN1CCc1nccn1C. The van der Waals surface area contributed by atoms with Crippen molar-refractivity contribution in [3.8, 4) is 0 Å². The van der Waals surface area contributed by atoms with Crippen molar-refractivity contribution in [2.24, 2.45) is 13.0 Å². The molecule has 0 spiro atoms. The molecule has 2 heterocycles. The van der Waals surface area contributed by atoms with Crippen LogP contribution < -0.4 is 5.32 Å². The van der Waals surface area contributed by atoms with E-state index in [0.717, 1.165) is 26.1 Å². The van der Waals surface area contributed by atoms with Gasteiger partial charge in [0.05, 0.1) is 0 Å². The fourth-order valence-corrected chi connectivity index (χ4v) is 3.52. The molecule has 1 aliphatic heterocycles. The zero-order valence-corrected chi connectivity index (χ0v) is 14.4. The van der Waals surface area contributed by atoms with Gasteiger partial charge in [-0.3, -0.25) is 4.90 Å². The van der Waals surface area contributed by atoms with Crippen LogP contribution >= 0.6 is 0 Å². The summed E-state index contributed by atoms with van der Waals surface area (Å²) in [5, 5.41) is 3.78. The highest BCUT2D eigenvalue weighted by atomic mass is 15.3. The molecule has 0 amide bonds. The predicted molar refractivity (Wildman–Crippen MR) is 88.4 cm³/mol. The summed E-state index contributed by atoms with van der Waals surface area (Å²) in [5.41, 5.74) is 0.316. The Morgan fingerprint density at radius 1 is 1.38 bits per heavy atom. The highest BCUT2D eigenvalue weighted by molar-refractivity contribution is 5.00. The highest BCUT2D eigenvalue weighted by Gasteiger charge is 2.39. The summed E-state index contributed by atoms with van der Waals surface area (Å²) in [6, 6.07) is 0.609. The second-order valence-electron chi connectivity index (χ2n) is 6.81. The third kappa shape index (κ3) is 3.49. The Labute approximate surface area is 129 Å². The third-order valence-electron chi connectivity index (χ3n) is 5.43. The quantitative estimate of drug-likeness (QED) is 0.874. The minimum atomic E-state index is 0.316. The van der Waals surface area contributed by atoms with Crippen LogP contribution in [-0.2, 0) is 13.5 Å². The van der Waals surface area contributed by atoms with E-state index < -0.39 is 0 Å². The van der Waals surface area contributed by atoms with Crippen molar-refractivity contribution in [3.05, 3.63) is 18.2 Å². The number of piperazine rings is 1. The van der Waals surface area contributed by atoms with Crippen LogP contribution in [0.25, 0.3) is 0 Å². The molecule has 1 atom stereocenters. The summed E-state index contributed by atoms with van der Waals surface area (Å²) < 4.78 is 2.14. The summed E-state index contributed by atoms with van der Waals surface area (Å²) in [4.78, 5) is 7.20. The van der Waals surface area contributed by atoms with E-state index in [-0.39, 0.29) is 0 Å². The van der Waals surface area contributed by atoms with E-state index in [1.165, 1.54) is 18.7 Å². The third-order valence-corrected chi connectivity index (χ3v) is 5.43. The van der Waals surface area contributed by atoms with Crippen LogP contribution in [0.2, 0.25) is 0 Å². The minimum absolute atomic E-state index is 0.316. The first-order valence-corrected chi connectivity index (χ1v) is 8.47. The molecule has 1 N–H and O–H groups in total. The lowest BCUT2D eigenvalue weighted by molar-refractivity contribution is 0.0229. The molecule has 1 aliphatic rings. The first-order valence-electron chi connectivity index (χ1n) is 8.47. The van der Waals surface area contributed by atoms with Gasteiger partial charge in [0.25, 0.3) is 0 Å². The zero-order chi connectivity index (χ0) is 15.5. The molecule has 1 saturated heterocycles. The van der Waals surface area contributed by atoms with E-state index in [1.807, 2.05) is 12.4 Å². The van der Waals surface area contributed by atoms with Crippen LogP contribution in [0.1, 0.15) is 46.4 Å². The van der Waals surface area contributed by atoms with E-state index in [4.69, 9.17) is 0 Å². The fraction of sp³-hybridized carbons (Fsp3) is 0.824. The van der Waals surface area contributed by atoms with E-state index >= 15 is 0 Å². The predicted octanol–water partition coefficient (Wildman–Crippen LogP) is 2.45. The van der Waals surface area contributed by atoms with Gasteiger partial charge in [-0.25, -0.2) is 4.98 Å². The summed E-state index contributed by atoms with van der Waals surface area (Å²) in [5.74, 6) is 1.88. The van der Waals surface area contributed by atoms with Gasteiger partial charge in [-0.1, -0.05) is 27.7 Å². The maximum Gasteiger partial charge on any atom is 0.109 e. The zero-order valence-electron chi connectivity index (χ0n) is 14.4. The highest BCUT2D eigenvalue weighted by Crippen LogP contribution is 2.28. The van der Waals surface area contributed by atoms with Crippen LogP contribution in [0.15, 0.2) is 12.4 Å². The second kappa shape index (κ2) is 6.93. The molecule has 0 aromatic carbocycles. The van der Waals surface area contributed by atoms with Gasteiger partial charge in [0.15, 0.2) is 0 Å². The molecule has 0 bridgehead atoms. The molecule has 0 radical (unpaired) electrons. The van der Waals surface area contributed by atoms with Crippen LogP contribution in [-0.4, -0.2) is 45.7 Å². The van der Waals surface area contributed by atoms with E-state index in [0.29, 0.717) is 17.5 Å². The Hall–Kier alpha value is -0.870. The molecule has 1 aromatic heterocycles. The Kier molecular flexibility index (Phi) is 5.44. The maximum absolute atomic E-state index is 4.47. The van der Waals surface area contributed by atoms with Crippen LogP contribution in [0, 0.1) is 5.92 Å². The average molecular weight is 292 g/mol. The molecule has 4 heteroatoms. The Morgan fingerprint density at radius 2 is 2.10 bits per heavy atom. The first kappa shape index (κ1) is 16.5. The van der Waals surface area contributed by atoms with Gasteiger partial charge in [-0.05, 0) is 18.8 Å². The standard InChI is InChI=1S/C17H32N4/c1-6-17(7-2)13-19-15(14(3)4)12-21(17)10-8-16-18-9-11-20(16)5/h9,11,14-15,19H,6-8,10,12-13H2,1-5H3. The molecular weight excluding hydrogens is 260 g/mol. The van der Waals surface area contributed by atoms with Gasteiger partial charge < -0.3 is 9.88 Å². The van der Waals surface area contributed by atoms with Crippen molar-refractivity contribution >= 4 is 0 Å². The molecule has 1 unspecified atom stereocenters. The van der Waals surface area contributed by atoms with Crippen molar-refractivity contribution in [2.75, 3.05) is 19.6 Å². The smallest absolute Gasteiger partial charge is 0.109 e. The number of hydrogen-bond donors (Lipinski definition) is 1. The Balaban J connectivity index is 2.07. The number of aromatic nitrogens is 2. The lowest BCUT2D eigenvalue weighted by atomic mass is 9.85. The second-order valence-corrected chi connectivity index (χ2v) is 6.81. The normalized spacial score (nSPS) is 22.9. The fourth-order valence-electron chi connectivity index (χ4n) is 3.52. The Bertz CT molecular complexity index is 434. The number of nitrogens with zero attached hydrogens (tertiary/aromatic N) is 3. The first-order chi connectivity index (χ1) is 10.0. The number of aryl methyl sites for hydroxylation is 1. The molecular formula is C17H32N4. The van der Waals surface area contributed by atoms with Gasteiger partial charge in [0, 0.05) is 57.1 Å². The van der Waals surface area contributed by atoms with Crippen LogP contribution in [0.4, 0.5) is 0 Å². The number of imidazole rings is 1. The summed E-state index contributed by atoms with van der Waals surface area (Å²) in [6.45, 7) is 12.7. The van der Waals surface area contributed by atoms with Gasteiger partial charge in [0.1, 0.15) is 5.82 Å². The van der Waals surface area contributed by atoms with Gasteiger partial charge in [0.2, 0.25) is 0 Å². The maximum atomic E-state index is 4.47. The summed E-state index contributed by atoms with van der Waals surface area (Å²) in [7, 11) is 2.09. The van der Waals surface area contributed by atoms with E-state index in [1.54, 1.807) is 0 Å². The van der Waals surface area contributed by atoms with Crippen molar-refractivity contribution in [3.63, 3.8) is 0 Å². The largest absolute Gasteiger partial charge is 0.338 e. The van der Waals surface area contributed by atoms with Crippen LogP contribution in [0.3, 0.4) is 0 Å². The molecule has 4 nitrogen and oxygen atoms in total. The number of rotatable bonds is 6. The molecule has 2 rings (SSSR count). The number of hydrogen-bond acceptors (Lipinski definition) is 3. The lowest BCUT2D eigenvalue weighted by Crippen LogP contribution is -2.65. The van der Waals surface area contributed by atoms with Gasteiger partial charge in [-0.15, -0.1) is 0 Å². The summed E-state index contributed by atoms with van der Waals surface area (Å²) in [6.07, 6.45) is 7.40. The summed E-state index contributed by atoms with van der Waals surface area (Å²) >= 11 is 0. The number of nitrogens with one attached hydrogen (secondary N) is 1. The average Bonchev–Trinajstić information content (AvgIpc) is 2.90. The van der Waals surface area contributed by atoms with Crippen molar-refractivity contribution < 1.29 is 0 Å². The Morgan fingerprint density at radius 3 is 2.62 bits per heavy atom. The molecule has 1 fully saturated rings. The molecule has 120 valence electrons. The van der Waals surface area contributed by atoms with Crippen molar-refractivity contribution in [1.29, 1.82) is 0 Å².